The average molecular weight is 394 g/mol. The van der Waals surface area contributed by atoms with Crippen LogP contribution in [-0.4, -0.2) is 43.1 Å². The Morgan fingerprint density at radius 2 is 2.00 bits per heavy atom. The van der Waals surface area contributed by atoms with Crippen molar-refractivity contribution in [3.63, 3.8) is 0 Å². The molecule has 140 valence electrons. The summed E-state index contributed by atoms with van der Waals surface area (Å²) in [6, 6.07) is 6.02. The molecule has 3 rings (SSSR count). The van der Waals surface area contributed by atoms with Gasteiger partial charge in [0.2, 0.25) is 0 Å². The molecule has 2 heterocycles. The summed E-state index contributed by atoms with van der Waals surface area (Å²) in [5.74, 6) is -0.236. The normalized spacial score (nSPS) is 14.8. The van der Waals surface area contributed by atoms with Crippen LogP contribution in [0.3, 0.4) is 0 Å². The van der Waals surface area contributed by atoms with Crippen molar-refractivity contribution in [2.45, 2.75) is 38.1 Å². The number of anilines is 1. The Bertz CT molecular complexity index is 889. The number of carbonyl (C=O) groups excluding carboxylic acids is 1. The largest absolute Gasteiger partial charge is 0.298 e. The van der Waals surface area contributed by atoms with Crippen molar-refractivity contribution >= 4 is 32.2 Å². The first kappa shape index (κ1) is 19.0. The minimum Gasteiger partial charge on any atom is -0.298 e. The van der Waals surface area contributed by atoms with E-state index in [4.69, 9.17) is 0 Å². The van der Waals surface area contributed by atoms with Crippen molar-refractivity contribution in [3.05, 3.63) is 40.4 Å². The maximum absolute atomic E-state index is 12.4. The van der Waals surface area contributed by atoms with Gasteiger partial charge >= 0.3 is 0 Å². The molecule has 1 N–H and O–H groups in total. The van der Waals surface area contributed by atoms with E-state index >= 15 is 0 Å². The summed E-state index contributed by atoms with van der Waals surface area (Å²) in [6.45, 7) is 6.74. The summed E-state index contributed by atoms with van der Waals surface area (Å²) in [5.41, 5.74) is 1.49. The zero-order valence-corrected chi connectivity index (χ0v) is 16.6. The SMILES string of the molecule is CCCN1CCc2nc(NC(=O)c3ccc(S(=O)(=O)CC)cc3)sc2C1. The van der Waals surface area contributed by atoms with Gasteiger partial charge in [-0.25, -0.2) is 13.4 Å². The van der Waals surface area contributed by atoms with E-state index in [2.05, 4.69) is 22.1 Å². The number of hydrogen-bond acceptors (Lipinski definition) is 6. The summed E-state index contributed by atoms with van der Waals surface area (Å²) in [5, 5.41) is 3.44. The van der Waals surface area contributed by atoms with E-state index in [1.165, 1.54) is 40.5 Å². The summed E-state index contributed by atoms with van der Waals surface area (Å²) in [6.07, 6.45) is 2.03. The van der Waals surface area contributed by atoms with Gasteiger partial charge in [-0.15, -0.1) is 11.3 Å². The van der Waals surface area contributed by atoms with Crippen LogP contribution in [0.4, 0.5) is 5.13 Å². The van der Waals surface area contributed by atoms with E-state index in [9.17, 15) is 13.2 Å². The molecule has 6 nitrogen and oxygen atoms in total. The molecule has 0 fully saturated rings. The number of hydrogen-bond donors (Lipinski definition) is 1. The number of nitrogens with one attached hydrogen (secondary N) is 1. The highest BCUT2D eigenvalue weighted by Crippen LogP contribution is 2.28. The highest BCUT2D eigenvalue weighted by atomic mass is 32.2. The molecular formula is C18H23N3O3S2. The number of aromatic nitrogens is 1. The molecule has 0 saturated heterocycles. The molecule has 0 unspecified atom stereocenters. The topological polar surface area (TPSA) is 79.4 Å². The molecule has 0 aliphatic carbocycles. The Hall–Kier alpha value is -1.77. The Morgan fingerprint density at radius 3 is 2.65 bits per heavy atom. The van der Waals surface area contributed by atoms with Gasteiger partial charge in [-0.2, -0.15) is 0 Å². The van der Waals surface area contributed by atoms with Crippen molar-refractivity contribution in [3.8, 4) is 0 Å². The highest BCUT2D eigenvalue weighted by molar-refractivity contribution is 7.91. The van der Waals surface area contributed by atoms with Gasteiger partial charge in [0.15, 0.2) is 15.0 Å². The Balaban J connectivity index is 1.69. The van der Waals surface area contributed by atoms with Crippen LogP contribution in [0, 0.1) is 0 Å². The third-order valence-electron chi connectivity index (χ3n) is 4.43. The molecule has 1 aliphatic heterocycles. The van der Waals surface area contributed by atoms with Crippen LogP contribution in [-0.2, 0) is 22.8 Å². The fourth-order valence-electron chi connectivity index (χ4n) is 2.96. The lowest BCUT2D eigenvalue weighted by Gasteiger charge is -2.24. The lowest BCUT2D eigenvalue weighted by Crippen LogP contribution is -2.30. The molecule has 1 aliphatic rings. The quantitative estimate of drug-likeness (QED) is 0.816. The third-order valence-corrected chi connectivity index (χ3v) is 7.17. The first-order valence-corrected chi connectivity index (χ1v) is 11.2. The number of fused-ring (bicyclic) bond motifs is 1. The van der Waals surface area contributed by atoms with Crippen LogP contribution in [0.15, 0.2) is 29.2 Å². The molecule has 0 atom stereocenters. The van der Waals surface area contributed by atoms with Crippen LogP contribution in [0.1, 0.15) is 41.2 Å². The van der Waals surface area contributed by atoms with Crippen LogP contribution in [0.25, 0.3) is 0 Å². The smallest absolute Gasteiger partial charge is 0.257 e. The van der Waals surface area contributed by atoms with Crippen LogP contribution >= 0.6 is 11.3 Å². The van der Waals surface area contributed by atoms with Crippen molar-refractivity contribution in [1.29, 1.82) is 0 Å². The third kappa shape index (κ3) is 4.13. The second-order valence-electron chi connectivity index (χ2n) is 6.30. The number of carbonyl (C=O) groups is 1. The zero-order valence-electron chi connectivity index (χ0n) is 15.0. The monoisotopic (exact) mass is 393 g/mol. The van der Waals surface area contributed by atoms with Gasteiger partial charge in [0.05, 0.1) is 16.3 Å². The highest BCUT2D eigenvalue weighted by Gasteiger charge is 2.21. The van der Waals surface area contributed by atoms with Gasteiger partial charge in [0.1, 0.15) is 0 Å². The number of benzene rings is 1. The molecule has 1 aromatic heterocycles. The molecule has 1 aromatic carbocycles. The van der Waals surface area contributed by atoms with Crippen LogP contribution in [0.5, 0.6) is 0 Å². The van der Waals surface area contributed by atoms with E-state index in [0.717, 1.165) is 38.2 Å². The van der Waals surface area contributed by atoms with Gasteiger partial charge in [0.25, 0.3) is 5.91 Å². The predicted molar refractivity (Wildman–Crippen MR) is 104 cm³/mol. The van der Waals surface area contributed by atoms with Crippen molar-refractivity contribution < 1.29 is 13.2 Å². The Labute approximate surface area is 158 Å². The van der Waals surface area contributed by atoms with Crippen molar-refractivity contribution in [2.24, 2.45) is 0 Å². The van der Waals surface area contributed by atoms with Crippen LogP contribution in [0.2, 0.25) is 0 Å². The molecule has 0 saturated carbocycles. The molecule has 0 bridgehead atoms. The fourth-order valence-corrected chi connectivity index (χ4v) is 4.89. The van der Waals surface area contributed by atoms with Gasteiger partial charge < -0.3 is 0 Å². The summed E-state index contributed by atoms with van der Waals surface area (Å²) in [4.78, 5) is 20.8. The molecule has 2 aromatic rings. The second kappa shape index (κ2) is 7.85. The summed E-state index contributed by atoms with van der Waals surface area (Å²) < 4.78 is 23.7. The Kier molecular flexibility index (Phi) is 5.74. The number of thiazole rings is 1. The maximum atomic E-state index is 12.4. The minimum atomic E-state index is -3.26. The number of nitrogens with zero attached hydrogens (tertiary/aromatic N) is 2. The number of sulfone groups is 1. The van der Waals surface area contributed by atoms with E-state index in [1.807, 2.05) is 0 Å². The predicted octanol–water partition coefficient (Wildman–Crippen LogP) is 2.96. The summed E-state index contributed by atoms with van der Waals surface area (Å²) in [7, 11) is -3.26. The molecule has 0 spiro atoms. The van der Waals surface area contributed by atoms with Gasteiger partial charge in [-0.1, -0.05) is 13.8 Å². The minimum absolute atomic E-state index is 0.0399. The first-order valence-electron chi connectivity index (χ1n) is 8.78. The van der Waals surface area contributed by atoms with E-state index in [-0.39, 0.29) is 16.6 Å². The first-order chi connectivity index (χ1) is 12.4. The lowest BCUT2D eigenvalue weighted by molar-refractivity contribution is 0.102. The maximum Gasteiger partial charge on any atom is 0.257 e. The van der Waals surface area contributed by atoms with Gasteiger partial charge in [-0.05, 0) is 37.2 Å². The van der Waals surface area contributed by atoms with Crippen molar-refractivity contribution in [1.82, 2.24) is 9.88 Å². The molecule has 1 amide bonds. The number of amides is 1. The number of rotatable bonds is 6. The standard InChI is InChI=1S/C18H23N3O3S2/c1-3-10-21-11-9-15-16(12-21)25-18(19-15)20-17(22)13-5-7-14(8-6-13)26(23,24)4-2/h5-8H,3-4,9-12H2,1-2H3,(H,19,20,22). The van der Waals surface area contributed by atoms with Gasteiger partial charge in [-0.3, -0.25) is 15.0 Å². The molecule has 8 heteroatoms. The average Bonchev–Trinajstić information content (AvgIpc) is 3.03. The van der Waals surface area contributed by atoms with Crippen molar-refractivity contribution in [2.75, 3.05) is 24.2 Å². The van der Waals surface area contributed by atoms with E-state index < -0.39 is 9.84 Å². The second-order valence-corrected chi connectivity index (χ2v) is 9.66. The zero-order chi connectivity index (χ0) is 18.7. The van der Waals surface area contributed by atoms with E-state index in [0.29, 0.717) is 10.7 Å². The lowest BCUT2D eigenvalue weighted by atomic mass is 10.2. The molecular weight excluding hydrogens is 370 g/mol. The van der Waals surface area contributed by atoms with Crippen LogP contribution < -0.4 is 5.32 Å². The molecule has 0 radical (unpaired) electrons. The molecule has 26 heavy (non-hydrogen) atoms. The van der Waals surface area contributed by atoms with E-state index in [1.54, 1.807) is 6.92 Å². The fraction of sp³-hybridized carbons (Fsp3) is 0.444. The Morgan fingerprint density at radius 1 is 1.27 bits per heavy atom. The summed E-state index contributed by atoms with van der Waals surface area (Å²) >= 11 is 1.52. The van der Waals surface area contributed by atoms with Gasteiger partial charge in [0, 0.05) is 30.0 Å².